The van der Waals surface area contributed by atoms with Gasteiger partial charge in [-0.05, 0) is 49.1 Å². The number of thiazole rings is 1. The maximum absolute atomic E-state index is 12.8. The molecule has 0 unspecified atom stereocenters. The Morgan fingerprint density at radius 3 is 2.61 bits per heavy atom. The largest absolute Gasteiger partial charge is 0.347 e. The molecule has 10 nitrogen and oxygen atoms in total. The number of aromatic nitrogens is 6. The Hall–Kier alpha value is -4.25. The van der Waals surface area contributed by atoms with E-state index in [0.29, 0.717) is 23.5 Å². The third kappa shape index (κ3) is 4.08. The average molecular weight is 527 g/mol. The van der Waals surface area contributed by atoms with Crippen molar-refractivity contribution in [2.45, 2.75) is 37.6 Å². The van der Waals surface area contributed by atoms with Crippen molar-refractivity contribution in [3.63, 3.8) is 0 Å². The molecule has 0 spiro atoms. The van der Waals surface area contributed by atoms with Gasteiger partial charge in [0.1, 0.15) is 11.7 Å². The highest BCUT2D eigenvalue weighted by molar-refractivity contribution is 7.16. The van der Waals surface area contributed by atoms with Gasteiger partial charge in [-0.1, -0.05) is 25.1 Å². The van der Waals surface area contributed by atoms with Crippen LogP contribution in [0, 0.1) is 0 Å². The summed E-state index contributed by atoms with van der Waals surface area (Å²) in [6.07, 6.45) is 4.09. The van der Waals surface area contributed by atoms with Gasteiger partial charge in [-0.25, -0.2) is 9.97 Å². The summed E-state index contributed by atoms with van der Waals surface area (Å²) in [5, 5.41) is 16.4. The third-order valence-corrected chi connectivity index (χ3v) is 7.88. The van der Waals surface area contributed by atoms with E-state index in [2.05, 4.69) is 43.7 Å². The summed E-state index contributed by atoms with van der Waals surface area (Å²) in [6, 6.07) is 12.9. The normalized spacial score (nSPS) is 14.9. The summed E-state index contributed by atoms with van der Waals surface area (Å²) < 4.78 is 2.88. The molecule has 192 valence electrons. The second-order valence-corrected chi connectivity index (χ2v) is 10.6. The van der Waals surface area contributed by atoms with Crippen LogP contribution in [0.4, 0.5) is 0 Å². The number of hydrogen-bond acceptors (Lipinski definition) is 8. The van der Waals surface area contributed by atoms with E-state index >= 15 is 0 Å². The molecular weight excluding hydrogens is 500 g/mol. The number of nitrogens with one attached hydrogen (secondary N) is 1. The lowest BCUT2D eigenvalue weighted by Crippen LogP contribution is -2.45. The maximum atomic E-state index is 12.8. The molecule has 38 heavy (non-hydrogen) atoms. The van der Waals surface area contributed by atoms with Gasteiger partial charge in [-0.15, -0.1) is 21.5 Å². The Morgan fingerprint density at radius 1 is 1.11 bits per heavy atom. The molecule has 3 aromatic heterocycles. The minimum atomic E-state index is -0.566. The molecule has 5 aromatic rings. The molecule has 1 saturated carbocycles. The summed E-state index contributed by atoms with van der Waals surface area (Å²) in [4.78, 5) is 35.4. The minimum Gasteiger partial charge on any atom is -0.347 e. The molecule has 1 atom stereocenters. The van der Waals surface area contributed by atoms with Gasteiger partial charge in [0.05, 0.1) is 27.3 Å². The lowest BCUT2D eigenvalue weighted by Gasteiger charge is -2.20. The van der Waals surface area contributed by atoms with Crippen LogP contribution >= 0.6 is 11.3 Å². The Labute approximate surface area is 222 Å². The topological polar surface area (TPSA) is 118 Å². The quantitative estimate of drug-likeness (QED) is 0.345. The van der Waals surface area contributed by atoms with Crippen molar-refractivity contribution >= 4 is 39.1 Å². The summed E-state index contributed by atoms with van der Waals surface area (Å²) in [5.41, 5.74) is 5.72. The van der Waals surface area contributed by atoms with Crippen molar-refractivity contribution < 1.29 is 9.59 Å². The Balaban J connectivity index is 1.28. The first-order valence-corrected chi connectivity index (χ1v) is 13.3. The molecule has 2 amide bonds. The summed E-state index contributed by atoms with van der Waals surface area (Å²) in [6.45, 7) is 1.87. The van der Waals surface area contributed by atoms with Crippen LogP contribution in [0.5, 0.6) is 0 Å². The SMILES string of the molecule is CC[C@H](NC(=O)c1ccc(-c2cnc3nnc(C4(c5ccc6ncsc6c5)CC4)n3n2)cc1)C(=O)N(C)C. The number of carbonyl (C=O) groups is 2. The Kier molecular flexibility index (Phi) is 5.87. The number of benzene rings is 2. The fraction of sp³-hybridized carbons (Fsp3) is 0.296. The summed E-state index contributed by atoms with van der Waals surface area (Å²) in [5.74, 6) is 0.792. The second kappa shape index (κ2) is 9.25. The zero-order valence-electron chi connectivity index (χ0n) is 21.3. The molecule has 1 aliphatic carbocycles. The molecule has 0 radical (unpaired) electrons. The Morgan fingerprint density at radius 2 is 1.89 bits per heavy atom. The molecule has 2 aromatic carbocycles. The number of amides is 2. The van der Waals surface area contributed by atoms with Crippen LogP contribution in [0.2, 0.25) is 0 Å². The maximum Gasteiger partial charge on any atom is 0.271 e. The third-order valence-electron chi connectivity index (χ3n) is 7.09. The average Bonchev–Trinajstić information content (AvgIpc) is 3.40. The second-order valence-electron chi connectivity index (χ2n) is 9.74. The molecule has 1 N–H and O–H groups in total. The lowest BCUT2D eigenvalue weighted by atomic mass is 9.95. The number of rotatable bonds is 7. The van der Waals surface area contributed by atoms with Crippen molar-refractivity contribution in [1.29, 1.82) is 0 Å². The number of nitrogens with zero attached hydrogens (tertiary/aromatic N) is 7. The zero-order chi connectivity index (χ0) is 26.4. The van der Waals surface area contributed by atoms with Crippen LogP contribution in [0.25, 0.3) is 27.3 Å². The molecule has 1 fully saturated rings. The molecular formula is C27H26N8O2S. The molecule has 0 bridgehead atoms. The number of carbonyl (C=O) groups excluding carboxylic acids is 2. The van der Waals surface area contributed by atoms with Crippen molar-refractivity contribution in [3.8, 4) is 11.3 Å². The van der Waals surface area contributed by atoms with Gasteiger partial charge in [0.15, 0.2) is 5.82 Å². The highest BCUT2D eigenvalue weighted by atomic mass is 32.1. The van der Waals surface area contributed by atoms with Gasteiger partial charge < -0.3 is 10.2 Å². The first-order valence-electron chi connectivity index (χ1n) is 12.4. The van der Waals surface area contributed by atoms with Crippen LogP contribution < -0.4 is 5.32 Å². The lowest BCUT2D eigenvalue weighted by molar-refractivity contribution is -0.130. The van der Waals surface area contributed by atoms with Crippen molar-refractivity contribution in [2.75, 3.05) is 14.1 Å². The predicted octanol–water partition coefficient (Wildman–Crippen LogP) is 3.47. The molecule has 0 saturated heterocycles. The number of likely N-dealkylation sites (N-methyl/N-ethyl adjacent to an activating group) is 1. The predicted molar refractivity (Wildman–Crippen MR) is 144 cm³/mol. The highest BCUT2D eigenvalue weighted by Gasteiger charge is 2.50. The number of fused-ring (bicyclic) bond motifs is 2. The van der Waals surface area contributed by atoms with E-state index in [9.17, 15) is 9.59 Å². The van der Waals surface area contributed by atoms with E-state index in [-0.39, 0.29) is 17.2 Å². The Bertz CT molecular complexity index is 1670. The van der Waals surface area contributed by atoms with E-state index < -0.39 is 6.04 Å². The van der Waals surface area contributed by atoms with Gasteiger partial charge in [0.2, 0.25) is 5.91 Å². The van der Waals surface area contributed by atoms with Crippen molar-refractivity contribution in [2.24, 2.45) is 0 Å². The van der Waals surface area contributed by atoms with E-state index in [1.165, 1.54) is 10.5 Å². The van der Waals surface area contributed by atoms with Crippen molar-refractivity contribution in [3.05, 3.63) is 71.1 Å². The van der Waals surface area contributed by atoms with Gasteiger partial charge in [-0.3, -0.25) is 9.59 Å². The monoisotopic (exact) mass is 526 g/mol. The smallest absolute Gasteiger partial charge is 0.271 e. The molecule has 1 aliphatic rings. The minimum absolute atomic E-state index is 0.133. The van der Waals surface area contributed by atoms with Gasteiger partial charge >= 0.3 is 0 Å². The van der Waals surface area contributed by atoms with E-state index in [1.54, 1.807) is 48.3 Å². The van der Waals surface area contributed by atoms with Crippen LogP contribution in [-0.4, -0.2) is 66.6 Å². The van der Waals surface area contributed by atoms with Crippen LogP contribution in [0.15, 0.2) is 54.2 Å². The van der Waals surface area contributed by atoms with Gasteiger partial charge in [0.25, 0.3) is 11.7 Å². The van der Waals surface area contributed by atoms with Crippen LogP contribution in [0.1, 0.15) is 47.9 Å². The van der Waals surface area contributed by atoms with Gasteiger partial charge in [0, 0.05) is 25.2 Å². The standard InChI is InChI=1S/C27H26N8O2S/c1-4-19(24(37)34(2)3)30-23(36)17-7-5-16(6-8-17)21-14-28-26-32-31-25(35(26)33-21)27(11-12-27)18-9-10-20-22(13-18)38-15-29-20/h5-10,13-15,19H,4,11-12H2,1-3H3,(H,30,36)/t19-/m0/s1. The molecule has 6 rings (SSSR count). The van der Waals surface area contributed by atoms with E-state index in [1.807, 2.05) is 24.6 Å². The molecule has 0 aliphatic heterocycles. The summed E-state index contributed by atoms with van der Waals surface area (Å²) in [7, 11) is 3.35. The van der Waals surface area contributed by atoms with Crippen LogP contribution in [0.3, 0.4) is 0 Å². The highest BCUT2D eigenvalue weighted by Crippen LogP contribution is 2.53. The summed E-state index contributed by atoms with van der Waals surface area (Å²) >= 11 is 1.63. The first kappa shape index (κ1) is 24.1. The van der Waals surface area contributed by atoms with E-state index in [0.717, 1.165) is 34.4 Å². The molecule has 3 heterocycles. The van der Waals surface area contributed by atoms with Gasteiger partial charge in [-0.2, -0.15) is 9.61 Å². The van der Waals surface area contributed by atoms with Crippen LogP contribution in [-0.2, 0) is 10.2 Å². The van der Waals surface area contributed by atoms with Crippen molar-refractivity contribution in [1.82, 2.24) is 40.0 Å². The van der Waals surface area contributed by atoms with E-state index in [4.69, 9.17) is 5.10 Å². The fourth-order valence-corrected chi connectivity index (χ4v) is 5.45. The number of hydrogen-bond donors (Lipinski definition) is 1. The fourth-order valence-electron chi connectivity index (χ4n) is 4.73. The molecule has 11 heteroatoms. The first-order chi connectivity index (χ1) is 18.4. The zero-order valence-corrected chi connectivity index (χ0v) is 22.1.